The zero-order valence-corrected chi connectivity index (χ0v) is 16.2. The van der Waals surface area contributed by atoms with Gasteiger partial charge in [-0.2, -0.15) is 0 Å². The molecule has 134 valence electrons. The van der Waals surface area contributed by atoms with Gasteiger partial charge in [0.1, 0.15) is 11.5 Å². The Hall–Kier alpha value is -2.74. The van der Waals surface area contributed by atoms with Crippen molar-refractivity contribution in [2.75, 3.05) is 0 Å². The first-order chi connectivity index (χ1) is 12.3. The predicted octanol–water partition coefficient (Wildman–Crippen LogP) is 7.19. The quantitative estimate of drug-likeness (QED) is 0.498. The fourth-order valence-corrected chi connectivity index (χ4v) is 2.61. The van der Waals surface area contributed by atoms with Crippen LogP contribution in [0.25, 0.3) is 0 Å². The van der Waals surface area contributed by atoms with Gasteiger partial charge in [0.25, 0.3) is 0 Å². The van der Waals surface area contributed by atoms with Crippen LogP contribution < -0.4 is 9.47 Å². The molecular formula is C24H26O2. The SMILES string of the molecule is Cc1ccc(Oc2ccc(C(C)(C)C)cc2Oc2ccc(C)cc2)cc1. The van der Waals surface area contributed by atoms with E-state index in [1.807, 2.05) is 54.6 Å². The third-order valence-corrected chi connectivity index (χ3v) is 4.31. The van der Waals surface area contributed by atoms with Gasteiger partial charge in [-0.15, -0.1) is 0 Å². The Balaban J connectivity index is 1.96. The number of rotatable bonds is 4. The lowest BCUT2D eigenvalue weighted by Gasteiger charge is -2.21. The lowest BCUT2D eigenvalue weighted by Crippen LogP contribution is -2.11. The molecule has 0 atom stereocenters. The Kier molecular flexibility index (Phi) is 5.03. The average Bonchev–Trinajstić information content (AvgIpc) is 2.59. The molecule has 0 saturated carbocycles. The molecule has 3 aromatic rings. The highest BCUT2D eigenvalue weighted by molar-refractivity contribution is 5.49. The largest absolute Gasteiger partial charge is 0.453 e. The topological polar surface area (TPSA) is 18.5 Å². The Bertz CT molecular complexity index is 870. The Morgan fingerprint density at radius 1 is 0.577 bits per heavy atom. The molecule has 0 bridgehead atoms. The van der Waals surface area contributed by atoms with Gasteiger partial charge in [-0.25, -0.2) is 0 Å². The van der Waals surface area contributed by atoms with Crippen molar-refractivity contribution in [3.8, 4) is 23.0 Å². The summed E-state index contributed by atoms with van der Waals surface area (Å²) < 4.78 is 12.3. The maximum absolute atomic E-state index is 6.17. The van der Waals surface area contributed by atoms with Crippen LogP contribution in [0.2, 0.25) is 0 Å². The van der Waals surface area contributed by atoms with Gasteiger partial charge in [-0.1, -0.05) is 62.2 Å². The van der Waals surface area contributed by atoms with E-state index in [1.54, 1.807) is 0 Å². The zero-order valence-electron chi connectivity index (χ0n) is 16.2. The molecule has 0 radical (unpaired) electrons. The highest BCUT2D eigenvalue weighted by atomic mass is 16.5. The molecule has 0 aliphatic heterocycles. The number of aryl methyl sites for hydroxylation is 2. The highest BCUT2D eigenvalue weighted by Crippen LogP contribution is 2.38. The molecule has 0 aliphatic carbocycles. The Morgan fingerprint density at radius 3 is 1.50 bits per heavy atom. The van der Waals surface area contributed by atoms with Crippen molar-refractivity contribution in [3.63, 3.8) is 0 Å². The molecule has 0 saturated heterocycles. The van der Waals surface area contributed by atoms with E-state index in [-0.39, 0.29) is 5.41 Å². The zero-order chi connectivity index (χ0) is 18.7. The van der Waals surface area contributed by atoms with Crippen LogP contribution >= 0.6 is 0 Å². The van der Waals surface area contributed by atoms with Crippen LogP contribution in [0.15, 0.2) is 66.7 Å². The molecule has 0 unspecified atom stereocenters. The molecular weight excluding hydrogens is 320 g/mol. The van der Waals surface area contributed by atoms with Crippen molar-refractivity contribution in [2.45, 2.75) is 40.0 Å². The van der Waals surface area contributed by atoms with Gasteiger partial charge < -0.3 is 9.47 Å². The van der Waals surface area contributed by atoms with Gasteiger partial charge in [0.15, 0.2) is 11.5 Å². The lowest BCUT2D eigenvalue weighted by molar-refractivity contribution is 0.416. The fourth-order valence-electron chi connectivity index (χ4n) is 2.61. The second-order valence-electron chi connectivity index (χ2n) is 7.74. The summed E-state index contributed by atoms with van der Waals surface area (Å²) >= 11 is 0. The molecule has 0 N–H and O–H groups in total. The average molecular weight is 346 g/mol. The molecule has 0 spiro atoms. The molecule has 0 amide bonds. The minimum absolute atomic E-state index is 0.0355. The van der Waals surface area contributed by atoms with Crippen LogP contribution in [0.1, 0.15) is 37.5 Å². The van der Waals surface area contributed by atoms with Gasteiger partial charge in [0.05, 0.1) is 0 Å². The summed E-state index contributed by atoms with van der Waals surface area (Å²) in [5, 5.41) is 0. The summed E-state index contributed by atoms with van der Waals surface area (Å²) in [6.45, 7) is 10.7. The monoisotopic (exact) mass is 346 g/mol. The number of ether oxygens (including phenoxy) is 2. The molecule has 2 nitrogen and oxygen atoms in total. The van der Waals surface area contributed by atoms with Crippen molar-refractivity contribution in [1.82, 2.24) is 0 Å². The predicted molar refractivity (Wildman–Crippen MR) is 108 cm³/mol. The van der Waals surface area contributed by atoms with E-state index in [4.69, 9.17) is 9.47 Å². The summed E-state index contributed by atoms with van der Waals surface area (Å²) in [7, 11) is 0. The first kappa shape index (κ1) is 18.1. The minimum Gasteiger partial charge on any atom is -0.453 e. The smallest absolute Gasteiger partial charge is 0.170 e. The molecule has 0 fully saturated rings. The van der Waals surface area contributed by atoms with Crippen molar-refractivity contribution >= 4 is 0 Å². The third kappa shape index (κ3) is 4.45. The molecule has 2 heteroatoms. The number of benzene rings is 3. The normalized spacial score (nSPS) is 11.3. The van der Waals surface area contributed by atoms with Crippen molar-refractivity contribution < 1.29 is 9.47 Å². The first-order valence-corrected chi connectivity index (χ1v) is 8.95. The van der Waals surface area contributed by atoms with E-state index in [0.29, 0.717) is 5.75 Å². The van der Waals surface area contributed by atoms with Gasteiger partial charge in [0, 0.05) is 0 Å². The van der Waals surface area contributed by atoms with Crippen molar-refractivity contribution in [1.29, 1.82) is 0 Å². The van der Waals surface area contributed by atoms with Crippen LogP contribution in [0, 0.1) is 13.8 Å². The Morgan fingerprint density at radius 2 is 1.04 bits per heavy atom. The maximum atomic E-state index is 6.17. The van der Waals surface area contributed by atoms with Crippen LogP contribution in [0.3, 0.4) is 0 Å². The van der Waals surface area contributed by atoms with Crippen molar-refractivity contribution in [2.24, 2.45) is 0 Å². The van der Waals surface area contributed by atoms with Gasteiger partial charge >= 0.3 is 0 Å². The third-order valence-electron chi connectivity index (χ3n) is 4.31. The second kappa shape index (κ2) is 7.25. The summed E-state index contributed by atoms with van der Waals surface area (Å²) in [6, 6.07) is 22.2. The first-order valence-electron chi connectivity index (χ1n) is 8.95. The number of hydrogen-bond acceptors (Lipinski definition) is 2. The van der Waals surface area contributed by atoms with Gasteiger partial charge in [-0.05, 0) is 61.2 Å². The molecule has 26 heavy (non-hydrogen) atoms. The Labute approximate surface area is 156 Å². The van der Waals surface area contributed by atoms with E-state index in [9.17, 15) is 0 Å². The molecule has 3 aromatic carbocycles. The van der Waals surface area contributed by atoms with E-state index in [2.05, 4.69) is 46.8 Å². The van der Waals surface area contributed by atoms with Gasteiger partial charge in [-0.3, -0.25) is 0 Å². The van der Waals surface area contributed by atoms with E-state index >= 15 is 0 Å². The van der Waals surface area contributed by atoms with E-state index in [1.165, 1.54) is 16.7 Å². The van der Waals surface area contributed by atoms with Crippen LogP contribution in [-0.4, -0.2) is 0 Å². The van der Waals surface area contributed by atoms with E-state index < -0.39 is 0 Å². The summed E-state index contributed by atoms with van der Waals surface area (Å²) in [5.74, 6) is 3.03. The van der Waals surface area contributed by atoms with Crippen molar-refractivity contribution in [3.05, 3.63) is 83.4 Å². The van der Waals surface area contributed by atoms with E-state index in [0.717, 1.165) is 17.2 Å². The van der Waals surface area contributed by atoms with Crippen LogP contribution in [0.5, 0.6) is 23.0 Å². The maximum Gasteiger partial charge on any atom is 0.170 e. The van der Waals surface area contributed by atoms with Gasteiger partial charge in [0.2, 0.25) is 0 Å². The number of hydrogen-bond donors (Lipinski definition) is 0. The summed E-state index contributed by atoms with van der Waals surface area (Å²) in [5.41, 5.74) is 3.65. The molecule has 0 aromatic heterocycles. The van der Waals surface area contributed by atoms with Crippen LogP contribution in [0.4, 0.5) is 0 Å². The second-order valence-corrected chi connectivity index (χ2v) is 7.74. The minimum atomic E-state index is 0.0355. The molecule has 3 rings (SSSR count). The lowest BCUT2D eigenvalue weighted by atomic mass is 9.87. The standard InChI is InChI=1S/C24H26O2/c1-17-6-11-20(12-7-17)25-22-15-10-19(24(3,4)5)16-23(22)26-21-13-8-18(2)9-14-21/h6-16H,1-5H3. The highest BCUT2D eigenvalue weighted by Gasteiger charge is 2.17. The summed E-state index contributed by atoms with van der Waals surface area (Å²) in [6.07, 6.45) is 0. The summed E-state index contributed by atoms with van der Waals surface area (Å²) in [4.78, 5) is 0. The molecule has 0 heterocycles. The molecule has 0 aliphatic rings. The fraction of sp³-hybridized carbons (Fsp3) is 0.250. The van der Waals surface area contributed by atoms with Crippen LogP contribution in [-0.2, 0) is 5.41 Å².